The molecule has 0 aliphatic carbocycles. The molecule has 0 saturated carbocycles. The van der Waals surface area contributed by atoms with Crippen LogP contribution in [0, 0.1) is 0 Å². The summed E-state index contributed by atoms with van der Waals surface area (Å²) >= 11 is 0. The van der Waals surface area contributed by atoms with E-state index in [0.29, 0.717) is 28.4 Å². The van der Waals surface area contributed by atoms with E-state index in [4.69, 9.17) is 19.9 Å². The summed E-state index contributed by atoms with van der Waals surface area (Å²) in [6, 6.07) is 11.8. The van der Waals surface area contributed by atoms with Gasteiger partial charge in [0.25, 0.3) is 11.8 Å². The molecule has 0 fully saturated rings. The lowest BCUT2D eigenvalue weighted by Gasteiger charge is -2.10. The Labute approximate surface area is 144 Å². The van der Waals surface area contributed by atoms with Crippen molar-refractivity contribution < 1.29 is 23.8 Å². The summed E-state index contributed by atoms with van der Waals surface area (Å²) in [5, 5.41) is 2.52. The lowest BCUT2D eigenvalue weighted by Crippen LogP contribution is -2.31. The van der Waals surface area contributed by atoms with Gasteiger partial charge in [-0.1, -0.05) is 18.2 Å². The Morgan fingerprint density at radius 1 is 1.16 bits per heavy atom. The lowest BCUT2D eigenvalue weighted by atomic mass is 10.1. The Bertz CT molecular complexity index is 860. The van der Waals surface area contributed by atoms with Gasteiger partial charge in [-0.3, -0.25) is 9.59 Å². The number of nitrogens with two attached hydrogens (primary N) is 1. The summed E-state index contributed by atoms with van der Waals surface area (Å²) in [4.78, 5) is 24.1. The van der Waals surface area contributed by atoms with E-state index in [9.17, 15) is 9.59 Å². The Balaban J connectivity index is 1.86. The van der Waals surface area contributed by atoms with Crippen molar-refractivity contribution >= 4 is 17.9 Å². The second-order valence-corrected chi connectivity index (χ2v) is 5.19. The number of amides is 2. The molecule has 7 nitrogen and oxygen atoms in total. The highest BCUT2D eigenvalue weighted by atomic mass is 16.7. The van der Waals surface area contributed by atoms with Gasteiger partial charge in [0, 0.05) is 0 Å². The number of carbonyl (C=O) groups is 2. The summed E-state index contributed by atoms with van der Waals surface area (Å²) in [7, 11) is 1.46. The van der Waals surface area contributed by atoms with Crippen molar-refractivity contribution in [3.05, 3.63) is 59.3 Å². The summed E-state index contributed by atoms with van der Waals surface area (Å²) < 4.78 is 15.7. The number of carbonyl (C=O) groups excluding carboxylic acids is 2. The molecule has 0 unspecified atom stereocenters. The number of fused-ring (bicyclic) bond motifs is 1. The van der Waals surface area contributed by atoms with Crippen molar-refractivity contribution in [2.45, 2.75) is 0 Å². The zero-order valence-corrected chi connectivity index (χ0v) is 13.4. The van der Waals surface area contributed by atoms with E-state index in [0.717, 1.165) is 0 Å². The Hall–Kier alpha value is -3.48. The SMILES string of the molecule is COc1ccccc1C(=O)NC(=Cc1ccc2c(c1)OCO2)C(N)=O. The summed E-state index contributed by atoms with van der Waals surface area (Å²) in [5.41, 5.74) is 6.27. The molecule has 1 aliphatic heterocycles. The van der Waals surface area contributed by atoms with Crippen LogP contribution in [-0.2, 0) is 4.79 Å². The zero-order chi connectivity index (χ0) is 17.8. The van der Waals surface area contributed by atoms with Gasteiger partial charge < -0.3 is 25.3 Å². The molecule has 2 amide bonds. The van der Waals surface area contributed by atoms with Crippen molar-refractivity contribution in [1.82, 2.24) is 5.32 Å². The molecule has 1 aliphatic rings. The minimum absolute atomic E-state index is 0.0465. The molecule has 0 aromatic heterocycles. The molecule has 0 radical (unpaired) electrons. The molecular formula is C18H16N2O5. The summed E-state index contributed by atoms with van der Waals surface area (Å²) in [6.45, 7) is 0.149. The van der Waals surface area contributed by atoms with Gasteiger partial charge in [0.1, 0.15) is 11.4 Å². The average Bonchev–Trinajstić information content (AvgIpc) is 3.08. The van der Waals surface area contributed by atoms with Gasteiger partial charge in [-0.15, -0.1) is 0 Å². The first kappa shape index (κ1) is 16.4. The first-order valence-electron chi connectivity index (χ1n) is 7.44. The largest absolute Gasteiger partial charge is 0.496 e. The molecule has 25 heavy (non-hydrogen) atoms. The van der Waals surface area contributed by atoms with Crippen LogP contribution in [0.1, 0.15) is 15.9 Å². The minimum Gasteiger partial charge on any atom is -0.496 e. The third kappa shape index (κ3) is 3.55. The molecule has 0 spiro atoms. The van der Waals surface area contributed by atoms with Crippen LogP contribution in [0.2, 0.25) is 0 Å². The molecule has 3 rings (SSSR count). The third-order valence-corrected chi connectivity index (χ3v) is 3.57. The molecule has 7 heteroatoms. The number of hydrogen-bond acceptors (Lipinski definition) is 5. The van der Waals surface area contributed by atoms with E-state index in [1.165, 1.54) is 13.2 Å². The number of methoxy groups -OCH3 is 1. The van der Waals surface area contributed by atoms with Crippen LogP contribution < -0.4 is 25.3 Å². The first-order chi connectivity index (χ1) is 12.1. The molecule has 1 heterocycles. The second-order valence-electron chi connectivity index (χ2n) is 5.19. The highest BCUT2D eigenvalue weighted by molar-refractivity contribution is 6.05. The van der Waals surface area contributed by atoms with Crippen LogP contribution in [0.25, 0.3) is 6.08 Å². The van der Waals surface area contributed by atoms with Crippen molar-refractivity contribution in [2.75, 3.05) is 13.9 Å². The second kappa shape index (κ2) is 6.96. The molecule has 0 bridgehead atoms. The van der Waals surface area contributed by atoms with Gasteiger partial charge in [0.2, 0.25) is 6.79 Å². The van der Waals surface area contributed by atoms with Crippen molar-refractivity contribution in [3.8, 4) is 17.2 Å². The Morgan fingerprint density at radius 3 is 2.68 bits per heavy atom. The maximum Gasteiger partial charge on any atom is 0.265 e. The topological polar surface area (TPSA) is 99.9 Å². The fourth-order valence-electron chi connectivity index (χ4n) is 2.36. The summed E-state index contributed by atoms with van der Waals surface area (Å²) in [5.74, 6) is 0.320. The first-order valence-corrected chi connectivity index (χ1v) is 7.44. The van der Waals surface area contributed by atoms with Gasteiger partial charge in [0.15, 0.2) is 11.5 Å². The monoisotopic (exact) mass is 340 g/mol. The smallest absolute Gasteiger partial charge is 0.265 e. The van der Waals surface area contributed by atoms with E-state index in [1.807, 2.05) is 0 Å². The highest BCUT2D eigenvalue weighted by Crippen LogP contribution is 2.33. The van der Waals surface area contributed by atoms with Gasteiger partial charge in [-0.05, 0) is 35.9 Å². The van der Waals surface area contributed by atoms with Gasteiger partial charge in [0.05, 0.1) is 12.7 Å². The van der Waals surface area contributed by atoms with Crippen molar-refractivity contribution in [3.63, 3.8) is 0 Å². The van der Waals surface area contributed by atoms with Gasteiger partial charge >= 0.3 is 0 Å². The van der Waals surface area contributed by atoms with Crippen LogP contribution in [0.3, 0.4) is 0 Å². The fraction of sp³-hybridized carbons (Fsp3) is 0.111. The van der Waals surface area contributed by atoms with E-state index in [1.54, 1.807) is 42.5 Å². The highest BCUT2D eigenvalue weighted by Gasteiger charge is 2.17. The minimum atomic E-state index is -0.763. The lowest BCUT2D eigenvalue weighted by molar-refractivity contribution is -0.114. The van der Waals surface area contributed by atoms with Crippen molar-refractivity contribution in [1.29, 1.82) is 0 Å². The van der Waals surface area contributed by atoms with Crippen LogP contribution in [0.5, 0.6) is 17.2 Å². The fourth-order valence-corrected chi connectivity index (χ4v) is 2.36. The van der Waals surface area contributed by atoms with Crippen LogP contribution in [0.4, 0.5) is 0 Å². The van der Waals surface area contributed by atoms with Crippen LogP contribution in [-0.4, -0.2) is 25.7 Å². The number of para-hydroxylation sites is 1. The molecule has 128 valence electrons. The predicted octanol–water partition coefficient (Wildman–Crippen LogP) is 1.68. The Morgan fingerprint density at radius 2 is 1.92 bits per heavy atom. The molecular weight excluding hydrogens is 324 g/mol. The van der Waals surface area contributed by atoms with Crippen LogP contribution >= 0.6 is 0 Å². The Kier molecular flexibility index (Phi) is 4.56. The zero-order valence-electron chi connectivity index (χ0n) is 13.4. The van der Waals surface area contributed by atoms with Gasteiger partial charge in [-0.2, -0.15) is 0 Å². The third-order valence-electron chi connectivity index (χ3n) is 3.57. The van der Waals surface area contributed by atoms with Crippen molar-refractivity contribution in [2.24, 2.45) is 5.73 Å². The summed E-state index contributed by atoms with van der Waals surface area (Å²) in [6.07, 6.45) is 1.47. The number of primary amides is 1. The maximum atomic E-state index is 12.4. The van der Waals surface area contributed by atoms with Crippen LogP contribution in [0.15, 0.2) is 48.2 Å². The number of nitrogens with one attached hydrogen (secondary N) is 1. The number of hydrogen-bond donors (Lipinski definition) is 2. The normalized spacial score (nSPS) is 12.6. The predicted molar refractivity (Wildman–Crippen MR) is 90.2 cm³/mol. The van der Waals surface area contributed by atoms with E-state index in [-0.39, 0.29) is 12.5 Å². The maximum absolute atomic E-state index is 12.4. The molecule has 0 atom stereocenters. The molecule has 2 aromatic carbocycles. The standard InChI is InChI=1S/C18H16N2O5/c1-23-14-5-3-2-4-12(14)18(22)20-13(17(19)21)8-11-6-7-15-16(9-11)25-10-24-15/h2-9H,10H2,1H3,(H2,19,21)(H,20,22). The van der Waals surface area contributed by atoms with E-state index >= 15 is 0 Å². The molecule has 2 aromatic rings. The quantitative estimate of drug-likeness (QED) is 0.807. The molecule has 0 saturated heterocycles. The number of ether oxygens (including phenoxy) is 3. The average molecular weight is 340 g/mol. The van der Waals surface area contributed by atoms with E-state index < -0.39 is 11.8 Å². The number of benzene rings is 2. The molecule has 3 N–H and O–H groups in total. The van der Waals surface area contributed by atoms with E-state index in [2.05, 4.69) is 5.32 Å². The number of rotatable bonds is 5. The van der Waals surface area contributed by atoms with Gasteiger partial charge in [-0.25, -0.2) is 0 Å².